The van der Waals surface area contributed by atoms with Crippen LogP contribution in [0.5, 0.6) is 0 Å². The summed E-state index contributed by atoms with van der Waals surface area (Å²) in [5.41, 5.74) is 4.94. The van der Waals surface area contributed by atoms with Crippen molar-refractivity contribution < 1.29 is 5.11 Å². The number of aryl methyl sites for hydroxylation is 1. The number of nitrogens with zero attached hydrogens (tertiary/aromatic N) is 1. The largest absolute Gasteiger partial charge is 0.388 e. The molecule has 0 spiro atoms. The normalized spacial score (nSPS) is 17.9. The van der Waals surface area contributed by atoms with E-state index in [0.29, 0.717) is 0 Å². The van der Waals surface area contributed by atoms with E-state index in [1.807, 2.05) is 18.2 Å². The minimum Gasteiger partial charge on any atom is -0.388 e. The van der Waals surface area contributed by atoms with Crippen molar-refractivity contribution in [3.05, 3.63) is 65.2 Å². The van der Waals surface area contributed by atoms with Gasteiger partial charge in [0, 0.05) is 24.3 Å². The topological polar surface area (TPSA) is 23.5 Å². The first-order chi connectivity index (χ1) is 9.78. The highest BCUT2D eigenvalue weighted by atomic mass is 16.3. The molecule has 0 bridgehead atoms. The lowest BCUT2D eigenvalue weighted by Crippen LogP contribution is -2.30. The van der Waals surface area contributed by atoms with Gasteiger partial charge in [-0.05, 0) is 30.0 Å². The first-order valence-corrected chi connectivity index (χ1v) is 7.37. The van der Waals surface area contributed by atoms with Gasteiger partial charge >= 0.3 is 0 Å². The number of aliphatic hydroxyl groups excluding tert-OH is 1. The average molecular weight is 267 g/mol. The molecule has 0 aliphatic carbocycles. The molecular weight excluding hydrogens is 246 g/mol. The molecule has 1 heterocycles. The van der Waals surface area contributed by atoms with Gasteiger partial charge in [-0.1, -0.05) is 49.4 Å². The molecule has 104 valence electrons. The van der Waals surface area contributed by atoms with Crippen LogP contribution in [0, 0.1) is 0 Å². The molecule has 3 rings (SSSR count). The van der Waals surface area contributed by atoms with Crippen molar-refractivity contribution in [1.29, 1.82) is 0 Å². The van der Waals surface area contributed by atoms with Gasteiger partial charge in [0.1, 0.15) is 0 Å². The van der Waals surface area contributed by atoms with E-state index < -0.39 is 0 Å². The number of aliphatic hydroxyl groups is 1. The van der Waals surface area contributed by atoms with E-state index in [1.54, 1.807) is 0 Å². The third-order valence-electron chi connectivity index (χ3n) is 4.11. The van der Waals surface area contributed by atoms with Gasteiger partial charge in [0.2, 0.25) is 0 Å². The van der Waals surface area contributed by atoms with Crippen molar-refractivity contribution in [2.75, 3.05) is 11.4 Å². The number of benzene rings is 2. The maximum absolute atomic E-state index is 10.1. The predicted octanol–water partition coefficient (Wildman–Crippen LogP) is 3.69. The van der Waals surface area contributed by atoms with Gasteiger partial charge < -0.3 is 10.0 Å². The van der Waals surface area contributed by atoms with Crippen molar-refractivity contribution in [2.45, 2.75) is 32.4 Å². The van der Waals surface area contributed by atoms with Gasteiger partial charge in [0.05, 0.1) is 6.10 Å². The van der Waals surface area contributed by atoms with Crippen molar-refractivity contribution in [2.24, 2.45) is 0 Å². The van der Waals surface area contributed by atoms with Crippen LogP contribution in [-0.2, 0) is 13.0 Å². The summed E-state index contributed by atoms with van der Waals surface area (Å²) in [6.45, 7) is 4.00. The predicted molar refractivity (Wildman–Crippen MR) is 82.9 cm³/mol. The van der Waals surface area contributed by atoms with Crippen LogP contribution in [0.15, 0.2) is 48.5 Å². The maximum atomic E-state index is 10.1. The summed E-state index contributed by atoms with van der Waals surface area (Å²) in [5.74, 6) is 0. The monoisotopic (exact) mass is 267 g/mol. The summed E-state index contributed by atoms with van der Waals surface area (Å²) >= 11 is 0. The molecule has 0 amide bonds. The number of para-hydroxylation sites is 1. The minimum atomic E-state index is -0.315. The Bertz CT molecular complexity index is 576. The third kappa shape index (κ3) is 2.56. The van der Waals surface area contributed by atoms with Gasteiger partial charge in [0.25, 0.3) is 0 Å². The second kappa shape index (κ2) is 5.68. The summed E-state index contributed by atoms with van der Waals surface area (Å²) in [7, 11) is 0. The van der Waals surface area contributed by atoms with Crippen LogP contribution in [-0.4, -0.2) is 11.7 Å². The Morgan fingerprint density at radius 3 is 2.50 bits per heavy atom. The zero-order valence-electron chi connectivity index (χ0n) is 11.9. The van der Waals surface area contributed by atoms with E-state index >= 15 is 0 Å². The zero-order chi connectivity index (χ0) is 13.9. The zero-order valence-corrected chi connectivity index (χ0v) is 11.9. The maximum Gasteiger partial charge on any atom is 0.0826 e. The van der Waals surface area contributed by atoms with E-state index in [-0.39, 0.29) is 6.10 Å². The minimum absolute atomic E-state index is 0.315. The molecule has 1 aliphatic heterocycles. The number of hydrogen-bond acceptors (Lipinski definition) is 2. The SMILES string of the molecule is CCc1ccc(CN2CCC(O)c3ccccc32)cc1. The van der Waals surface area contributed by atoms with Crippen LogP contribution in [0.4, 0.5) is 5.69 Å². The highest BCUT2D eigenvalue weighted by Gasteiger charge is 2.22. The molecule has 2 heteroatoms. The Morgan fingerprint density at radius 1 is 1.05 bits per heavy atom. The number of rotatable bonds is 3. The Balaban J connectivity index is 1.82. The molecule has 1 aliphatic rings. The lowest BCUT2D eigenvalue weighted by atomic mass is 9.98. The molecule has 20 heavy (non-hydrogen) atoms. The van der Waals surface area contributed by atoms with Crippen molar-refractivity contribution in [1.82, 2.24) is 0 Å². The average Bonchev–Trinajstić information content (AvgIpc) is 2.51. The van der Waals surface area contributed by atoms with Gasteiger partial charge in [-0.2, -0.15) is 0 Å². The summed E-state index contributed by atoms with van der Waals surface area (Å²) in [5, 5.41) is 10.1. The molecule has 0 saturated heterocycles. The van der Waals surface area contributed by atoms with Crippen LogP contribution < -0.4 is 4.90 Å². The van der Waals surface area contributed by atoms with Crippen LogP contribution >= 0.6 is 0 Å². The lowest BCUT2D eigenvalue weighted by Gasteiger charge is -2.34. The molecule has 2 aromatic carbocycles. The first kappa shape index (κ1) is 13.2. The Labute approximate surface area is 120 Å². The van der Waals surface area contributed by atoms with Gasteiger partial charge in [-0.25, -0.2) is 0 Å². The Kier molecular flexibility index (Phi) is 3.75. The van der Waals surface area contributed by atoms with Crippen molar-refractivity contribution in [3.63, 3.8) is 0 Å². The summed E-state index contributed by atoms with van der Waals surface area (Å²) in [6.07, 6.45) is 1.58. The molecule has 0 radical (unpaired) electrons. The van der Waals surface area contributed by atoms with Gasteiger partial charge in [-0.15, -0.1) is 0 Å². The number of hydrogen-bond donors (Lipinski definition) is 1. The molecule has 1 unspecified atom stereocenters. The molecule has 2 nitrogen and oxygen atoms in total. The molecular formula is C18H21NO. The van der Waals surface area contributed by atoms with Crippen LogP contribution in [0.25, 0.3) is 0 Å². The van der Waals surface area contributed by atoms with Gasteiger partial charge in [-0.3, -0.25) is 0 Å². The second-order valence-corrected chi connectivity index (χ2v) is 5.45. The van der Waals surface area contributed by atoms with Gasteiger partial charge in [0.15, 0.2) is 0 Å². The molecule has 0 fully saturated rings. The summed E-state index contributed by atoms with van der Waals surface area (Å²) < 4.78 is 0. The van der Waals surface area contributed by atoms with E-state index in [4.69, 9.17) is 0 Å². The van der Waals surface area contributed by atoms with E-state index in [1.165, 1.54) is 16.8 Å². The Hall–Kier alpha value is -1.80. The van der Waals surface area contributed by atoms with E-state index in [0.717, 1.165) is 31.5 Å². The van der Waals surface area contributed by atoms with Crippen molar-refractivity contribution in [3.8, 4) is 0 Å². The highest BCUT2D eigenvalue weighted by Crippen LogP contribution is 2.34. The highest BCUT2D eigenvalue weighted by molar-refractivity contribution is 5.56. The van der Waals surface area contributed by atoms with E-state index in [9.17, 15) is 5.11 Å². The fourth-order valence-corrected chi connectivity index (χ4v) is 2.88. The summed E-state index contributed by atoms with van der Waals surface area (Å²) in [6, 6.07) is 17.0. The van der Waals surface area contributed by atoms with Crippen LogP contribution in [0.3, 0.4) is 0 Å². The standard InChI is InChI=1S/C18H21NO/c1-2-14-7-9-15(10-8-14)13-19-12-11-18(20)16-5-3-4-6-17(16)19/h3-10,18,20H,2,11-13H2,1H3. The van der Waals surface area contributed by atoms with Crippen molar-refractivity contribution >= 4 is 5.69 Å². The molecule has 2 aromatic rings. The fourth-order valence-electron chi connectivity index (χ4n) is 2.88. The van der Waals surface area contributed by atoms with Crippen LogP contribution in [0.2, 0.25) is 0 Å². The summed E-state index contributed by atoms with van der Waals surface area (Å²) in [4.78, 5) is 2.36. The number of anilines is 1. The quantitative estimate of drug-likeness (QED) is 0.916. The smallest absolute Gasteiger partial charge is 0.0826 e. The number of fused-ring (bicyclic) bond motifs is 1. The first-order valence-electron chi connectivity index (χ1n) is 7.37. The molecule has 0 saturated carbocycles. The Morgan fingerprint density at radius 2 is 1.75 bits per heavy atom. The second-order valence-electron chi connectivity index (χ2n) is 5.45. The lowest BCUT2D eigenvalue weighted by molar-refractivity contribution is 0.164. The molecule has 0 aromatic heterocycles. The molecule has 1 N–H and O–H groups in total. The molecule has 1 atom stereocenters. The fraction of sp³-hybridized carbons (Fsp3) is 0.333. The third-order valence-corrected chi connectivity index (χ3v) is 4.11. The van der Waals surface area contributed by atoms with Crippen LogP contribution in [0.1, 0.15) is 36.1 Å². The van der Waals surface area contributed by atoms with E-state index in [2.05, 4.69) is 42.2 Å².